The second-order valence-electron chi connectivity index (χ2n) is 8.33. The van der Waals surface area contributed by atoms with Gasteiger partial charge in [0.15, 0.2) is 11.5 Å². The molecule has 204 valence electrons. The predicted molar refractivity (Wildman–Crippen MR) is 155 cm³/mol. The molecular formula is C27H29Cl4N3O4. The minimum atomic E-state index is -0.362. The van der Waals surface area contributed by atoms with Crippen LogP contribution in [-0.4, -0.2) is 40.5 Å². The van der Waals surface area contributed by atoms with Crippen molar-refractivity contribution < 1.29 is 19.0 Å². The Morgan fingerprint density at radius 1 is 0.816 bits per heavy atom. The molecule has 0 aliphatic heterocycles. The van der Waals surface area contributed by atoms with Crippen LogP contribution in [-0.2, 0) is 6.54 Å². The minimum absolute atomic E-state index is 0.0308. The van der Waals surface area contributed by atoms with E-state index in [0.717, 1.165) is 17.5 Å². The standard InChI is InChI=1S/C27H29Cl4N3O4/c1-36-24-10-16(11-25(37-2)26(24)38-3)14-32-9-8-18(17-4-6-20(28)22(30)12-17)15-33-27(35)34-19-5-7-21(29)23(31)13-19/h4-7,10-13,18,32H,8-9,14-15H2,1-3H3,(H2,33,34,35). The molecule has 0 aromatic heterocycles. The van der Waals surface area contributed by atoms with Crippen molar-refractivity contribution in [3.05, 3.63) is 79.7 Å². The van der Waals surface area contributed by atoms with Crippen LogP contribution < -0.4 is 30.2 Å². The lowest BCUT2D eigenvalue weighted by atomic mass is 9.95. The average Bonchev–Trinajstić information content (AvgIpc) is 2.91. The van der Waals surface area contributed by atoms with Crippen molar-refractivity contribution >= 4 is 58.1 Å². The van der Waals surface area contributed by atoms with E-state index in [1.165, 1.54) is 0 Å². The van der Waals surface area contributed by atoms with E-state index in [-0.39, 0.29) is 11.9 Å². The average molecular weight is 601 g/mol. The highest BCUT2D eigenvalue weighted by Gasteiger charge is 2.16. The zero-order chi connectivity index (χ0) is 27.7. The summed E-state index contributed by atoms with van der Waals surface area (Å²) in [5.74, 6) is 1.70. The molecule has 11 heteroatoms. The molecule has 0 heterocycles. The van der Waals surface area contributed by atoms with Crippen LogP contribution in [0.1, 0.15) is 23.5 Å². The molecule has 0 saturated heterocycles. The molecule has 3 N–H and O–H groups in total. The summed E-state index contributed by atoms with van der Waals surface area (Å²) in [6, 6.07) is 13.8. The summed E-state index contributed by atoms with van der Waals surface area (Å²) in [4.78, 5) is 12.6. The van der Waals surface area contributed by atoms with Crippen molar-refractivity contribution in [1.29, 1.82) is 0 Å². The normalized spacial score (nSPS) is 11.6. The number of benzene rings is 3. The van der Waals surface area contributed by atoms with Gasteiger partial charge in [-0.15, -0.1) is 0 Å². The van der Waals surface area contributed by atoms with E-state index >= 15 is 0 Å². The molecule has 0 fully saturated rings. The van der Waals surface area contributed by atoms with Gasteiger partial charge in [-0.3, -0.25) is 0 Å². The Hall–Kier alpha value is -2.55. The molecule has 7 nitrogen and oxygen atoms in total. The predicted octanol–water partition coefficient (Wildman–Crippen LogP) is 7.41. The molecule has 2 amide bonds. The van der Waals surface area contributed by atoms with Crippen molar-refractivity contribution in [2.75, 3.05) is 39.7 Å². The molecule has 0 saturated carbocycles. The van der Waals surface area contributed by atoms with Crippen LogP contribution in [0.5, 0.6) is 17.2 Å². The fraction of sp³-hybridized carbons (Fsp3) is 0.296. The van der Waals surface area contributed by atoms with Crippen LogP contribution >= 0.6 is 46.4 Å². The molecule has 0 radical (unpaired) electrons. The number of halogens is 4. The van der Waals surface area contributed by atoms with Gasteiger partial charge in [-0.25, -0.2) is 4.79 Å². The zero-order valence-electron chi connectivity index (χ0n) is 21.2. The van der Waals surface area contributed by atoms with Gasteiger partial charge >= 0.3 is 6.03 Å². The number of hydrogen-bond acceptors (Lipinski definition) is 5. The molecule has 0 aliphatic rings. The Balaban J connectivity index is 1.63. The third-order valence-corrected chi connectivity index (χ3v) is 7.30. The first-order valence-corrected chi connectivity index (χ1v) is 13.2. The number of rotatable bonds is 12. The maximum absolute atomic E-state index is 12.6. The van der Waals surface area contributed by atoms with Gasteiger partial charge in [0.2, 0.25) is 5.75 Å². The van der Waals surface area contributed by atoms with Gasteiger partial charge < -0.3 is 30.2 Å². The molecule has 3 aromatic rings. The second kappa shape index (κ2) is 14.6. The van der Waals surface area contributed by atoms with Gasteiger partial charge in [-0.1, -0.05) is 52.5 Å². The third-order valence-electron chi connectivity index (χ3n) is 5.82. The number of methoxy groups -OCH3 is 3. The smallest absolute Gasteiger partial charge is 0.319 e. The van der Waals surface area contributed by atoms with E-state index in [2.05, 4.69) is 16.0 Å². The lowest BCUT2D eigenvalue weighted by Crippen LogP contribution is -2.33. The molecule has 3 rings (SSSR count). The summed E-state index contributed by atoms with van der Waals surface area (Å²) in [6.07, 6.45) is 0.718. The van der Waals surface area contributed by atoms with Crippen LogP contribution in [0.15, 0.2) is 48.5 Å². The minimum Gasteiger partial charge on any atom is -0.493 e. The van der Waals surface area contributed by atoms with Crippen molar-refractivity contribution in [3.8, 4) is 17.2 Å². The number of nitrogens with one attached hydrogen (secondary N) is 3. The van der Waals surface area contributed by atoms with Gasteiger partial charge in [0.25, 0.3) is 0 Å². The number of hydrogen-bond donors (Lipinski definition) is 3. The maximum atomic E-state index is 12.6. The lowest BCUT2D eigenvalue weighted by Gasteiger charge is -2.20. The lowest BCUT2D eigenvalue weighted by molar-refractivity contribution is 0.251. The Morgan fingerprint density at radius 3 is 2.03 bits per heavy atom. The monoisotopic (exact) mass is 599 g/mol. The van der Waals surface area contributed by atoms with Crippen molar-refractivity contribution in [2.45, 2.75) is 18.9 Å². The van der Waals surface area contributed by atoms with Crippen molar-refractivity contribution in [1.82, 2.24) is 10.6 Å². The topological polar surface area (TPSA) is 80.9 Å². The molecule has 0 bridgehead atoms. The molecule has 3 aromatic carbocycles. The number of anilines is 1. The summed E-state index contributed by atoms with van der Waals surface area (Å²) in [5.41, 5.74) is 2.48. The highest BCUT2D eigenvalue weighted by molar-refractivity contribution is 6.42. The molecule has 1 atom stereocenters. The summed E-state index contributed by atoms with van der Waals surface area (Å²) >= 11 is 24.4. The highest BCUT2D eigenvalue weighted by Crippen LogP contribution is 2.38. The SMILES string of the molecule is COc1cc(CNCCC(CNC(=O)Nc2ccc(Cl)c(Cl)c2)c2ccc(Cl)c(Cl)c2)cc(OC)c1OC. The van der Waals surface area contributed by atoms with Gasteiger partial charge in [-0.2, -0.15) is 0 Å². The third kappa shape index (κ3) is 8.22. The van der Waals surface area contributed by atoms with E-state index in [1.54, 1.807) is 45.6 Å². The van der Waals surface area contributed by atoms with Gasteiger partial charge in [0, 0.05) is 24.7 Å². The first-order valence-electron chi connectivity index (χ1n) is 11.7. The number of ether oxygens (including phenoxy) is 3. The van der Waals surface area contributed by atoms with Gasteiger partial charge in [0.1, 0.15) is 0 Å². The van der Waals surface area contributed by atoms with E-state index in [1.807, 2.05) is 24.3 Å². The van der Waals surface area contributed by atoms with Crippen LogP contribution in [0.4, 0.5) is 10.5 Å². The van der Waals surface area contributed by atoms with Crippen LogP contribution in [0, 0.1) is 0 Å². The zero-order valence-corrected chi connectivity index (χ0v) is 24.2. The first kappa shape index (κ1) is 30.0. The van der Waals surface area contributed by atoms with Crippen molar-refractivity contribution in [3.63, 3.8) is 0 Å². The largest absolute Gasteiger partial charge is 0.493 e. The Morgan fingerprint density at radius 2 is 1.45 bits per heavy atom. The van der Waals surface area contributed by atoms with Crippen LogP contribution in [0.2, 0.25) is 20.1 Å². The number of carbonyl (C=O) groups is 1. The maximum Gasteiger partial charge on any atom is 0.319 e. The Kier molecular flexibility index (Phi) is 11.5. The van der Waals surface area contributed by atoms with Crippen LogP contribution in [0.3, 0.4) is 0 Å². The van der Waals surface area contributed by atoms with E-state index in [9.17, 15) is 4.79 Å². The molecule has 0 aliphatic carbocycles. The summed E-state index contributed by atoms with van der Waals surface area (Å²) in [5, 5.41) is 10.8. The quantitative estimate of drug-likeness (QED) is 0.189. The van der Waals surface area contributed by atoms with E-state index in [4.69, 9.17) is 60.6 Å². The summed E-state index contributed by atoms with van der Waals surface area (Å²) < 4.78 is 16.3. The van der Waals surface area contributed by atoms with E-state index < -0.39 is 0 Å². The fourth-order valence-electron chi connectivity index (χ4n) is 3.86. The molecule has 0 spiro atoms. The highest BCUT2D eigenvalue weighted by atomic mass is 35.5. The number of carbonyl (C=O) groups excluding carboxylic acids is 1. The first-order chi connectivity index (χ1) is 18.2. The Bertz CT molecular complexity index is 1230. The fourth-order valence-corrected chi connectivity index (χ4v) is 4.47. The van der Waals surface area contributed by atoms with Gasteiger partial charge in [-0.05, 0) is 66.6 Å². The molecular weight excluding hydrogens is 572 g/mol. The van der Waals surface area contributed by atoms with E-state index in [0.29, 0.717) is 62.7 Å². The number of amides is 2. The summed E-state index contributed by atoms with van der Waals surface area (Å²) in [7, 11) is 4.74. The van der Waals surface area contributed by atoms with Crippen molar-refractivity contribution in [2.24, 2.45) is 0 Å². The summed E-state index contributed by atoms with van der Waals surface area (Å²) in [6.45, 7) is 1.62. The van der Waals surface area contributed by atoms with Gasteiger partial charge in [0.05, 0.1) is 41.4 Å². The number of urea groups is 1. The molecule has 1 unspecified atom stereocenters. The second-order valence-corrected chi connectivity index (χ2v) is 9.96. The Labute approximate surface area is 242 Å². The van der Waals surface area contributed by atoms with Crippen LogP contribution in [0.25, 0.3) is 0 Å². The molecule has 38 heavy (non-hydrogen) atoms.